The molecular weight excluding hydrogens is 676 g/mol. The molecule has 1 aromatic rings. The quantitative estimate of drug-likeness (QED) is 0.132. The van der Waals surface area contributed by atoms with Crippen LogP contribution in [0.3, 0.4) is 0 Å². The van der Waals surface area contributed by atoms with Gasteiger partial charge in [-0.25, -0.2) is 10.7 Å². The number of methoxy groups -OCH3 is 2. The molecule has 0 aromatic heterocycles. The van der Waals surface area contributed by atoms with E-state index in [1.165, 1.54) is 38.0 Å². The van der Waals surface area contributed by atoms with Gasteiger partial charge in [0.15, 0.2) is 5.72 Å². The van der Waals surface area contributed by atoms with Crippen molar-refractivity contribution in [1.82, 2.24) is 10.2 Å². The summed E-state index contributed by atoms with van der Waals surface area (Å²) in [5.74, 6) is 3.75. The Morgan fingerprint density at radius 3 is 2.64 bits per heavy atom. The Labute approximate surface area is 297 Å². The number of halogens is 1. The van der Waals surface area contributed by atoms with Gasteiger partial charge in [-0.05, 0) is 51.9 Å². The molecule has 50 heavy (non-hydrogen) atoms. The number of likely N-dealkylation sites (N-methyl/N-ethyl adjacent to an activating group) is 1. The van der Waals surface area contributed by atoms with Crippen LogP contribution in [0.4, 0.5) is 10.5 Å². The molecule has 2 saturated heterocycles. The van der Waals surface area contributed by atoms with Gasteiger partial charge in [-0.1, -0.05) is 42.3 Å². The number of ether oxygens (including phenoxy) is 5. The van der Waals surface area contributed by atoms with Gasteiger partial charge in [0, 0.05) is 26.5 Å². The summed E-state index contributed by atoms with van der Waals surface area (Å²) in [6.07, 6.45) is -0.331. The number of benzene rings is 1. The van der Waals surface area contributed by atoms with E-state index in [1.807, 2.05) is 13.0 Å². The zero-order valence-corrected chi connectivity index (χ0v) is 30.4. The third-order valence-electron chi connectivity index (χ3n) is 9.88. The summed E-state index contributed by atoms with van der Waals surface area (Å²) in [6, 6.07) is 2.59. The van der Waals surface area contributed by atoms with E-state index in [0.29, 0.717) is 17.9 Å². The molecule has 16 heteroatoms. The van der Waals surface area contributed by atoms with Crippen molar-refractivity contribution in [3.05, 3.63) is 46.5 Å². The Kier molecular flexibility index (Phi) is 12.6. The maximum absolute atomic E-state index is 14.0. The number of aliphatic hydroxyl groups excluding tert-OH is 1. The molecule has 5 N–H and O–H groups in total. The second kappa shape index (κ2) is 15.9. The fourth-order valence-electron chi connectivity index (χ4n) is 6.47. The largest absolute Gasteiger partial charge is 0.495 e. The molecule has 9 unspecified atom stereocenters. The second-order valence-corrected chi connectivity index (χ2v) is 13.8. The molecule has 15 nitrogen and oxygen atoms in total. The van der Waals surface area contributed by atoms with Gasteiger partial charge in [-0.2, -0.15) is 0 Å². The predicted octanol–water partition coefficient (Wildman–Crippen LogP) is 2.20. The van der Waals surface area contributed by atoms with Crippen LogP contribution in [0.1, 0.15) is 46.1 Å². The summed E-state index contributed by atoms with van der Waals surface area (Å²) in [5.41, 5.74) is -0.935. The summed E-state index contributed by atoms with van der Waals surface area (Å²) in [6.45, 7) is 6.67. The van der Waals surface area contributed by atoms with Crippen LogP contribution in [0.5, 0.6) is 5.75 Å². The van der Waals surface area contributed by atoms with Crippen molar-refractivity contribution in [2.45, 2.75) is 95.0 Å². The monoisotopic (exact) mass is 724 g/mol. The number of anilines is 1. The van der Waals surface area contributed by atoms with Crippen LogP contribution in [-0.2, 0) is 39.8 Å². The standard InChI is InChI=1S/C34H49ClN4O11/c1-18-10-9-11-25(46-8)34(44)16-24(48-32(43)37-34)19(2)30-33(4,50-30)26(49-31(42)20(3)38(5)28(41)17-47-36)15-27(40)39(6)22-13-21(12-18)14-23(45-7)29(22)35/h9-11,13-14,19-20,24-26,28,30,41,44H,12,15-17,36H2,1-8H3,(H,37,43)/b11-9+,18-10+. The summed E-state index contributed by atoms with van der Waals surface area (Å²) in [5, 5.41) is 24.8. The van der Waals surface area contributed by atoms with E-state index in [9.17, 15) is 24.6 Å². The van der Waals surface area contributed by atoms with Crippen molar-refractivity contribution in [2.75, 3.05) is 39.8 Å². The van der Waals surface area contributed by atoms with E-state index in [0.717, 1.165) is 11.1 Å². The van der Waals surface area contributed by atoms with E-state index in [2.05, 4.69) is 10.2 Å². The molecule has 278 valence electrons. The number of hydrogen-bond acceptors (Lipinski definition) is 13. The Morgan fingerprint density at radius 1 is 1.30 bits per heavy atom. The summed E-state index contributed by atoms with van der Waals surface area (Å²) in [4.78, 5) is 47.6. The molecule has 3 aliphatic rings. The van der Waals surface area contributed by atoms with Crippen molar-refractivity contribution >= 4 is 35.3 Å². The van der Waals surface area contributed by atoms with Crippen LogP contribution in [0.2, 0.25) is 5.02 Å². The number of nitrogens with one attached hydrogen (secondary N) is 1. The third-order valence-corrected chi connectivity index (χ3v) is 10.3. The number of rotatable bonds is 8. The first-order chi connectivity index (χ1) is 23.5. The summed E-state index contributed by atoms with van der Waals surface area (Å²) >= 11 is 6.72. The molecule has 1 aromatic carbocycles. The average molecular weight is 725 g/mol. The van der Waals surface area contributed by atoms with Crippen molar-refractivity contribution in [3.63, 3.8) is 0 Å². The number of nitrogens with two attached hydrogens (primary N) is 1. The number of esters is 1. The number of carbonyl (C=O) groups excluding carboxylic acids is 3. The summed E-state index contributed by atoms with van der Waals surface area (Å²) < 4.78 is 29.0. The minimum absolute atomic E-state index is 0.0550. The van der Waals surface area contributed by atoms with E-state index in [4.69, 9.17) is 41.2 Å². The van der Waals surface area contributed by atoms with Crippen molar-refractivity contribution in [1.29, 1.82) is 0 Å². The molecule has 4 bridgehead atoms. The molecule has 2 amide bonds. The highest BCUT2D eigenvalue weighted by molar-refractivity contribution is 6.35. The van der Waals surface area contributed by atoms with Gasteiger partial charge in [0.25, 0.3) is 0 Å². The lowest BCUT2D eigenvalue weighted by Gasteiger charge is -2.42. The van der Waals surface area contributed by atoms with Gasteiger partial charge in [0.1, 0.15) is 53.6 Å². The highest BCUT2D eigenvalue weighted by atomic mass is 35.5. The van der Waals surface area contributed by atoms with Gasteiger partial charge >= 0.3 is 12.1 Å². The van der Waals surface area contributed by atoms with Crippen LogP contribution >= 0.6 is 11.6 Å². The number of hydrogen-bond donors (Lipinski definition) is 4. The predicted molar refractivity (Wildman–Crippen MR) is 182 cm³/mol. The Morgan fingerprint density at radius 2 is 2.00 bits per heavy atom. The number of carbonyl (C=O) groups is 3. The minimum Gasteiger partial charge on any atom is -0.495 e. The molecule has 0 saturated carbocycles. The van der Waals surface area contributed by atoms with Gasteiger partial charge in [0.05, 0.1) is 25.3 Å². The van der Waals surface area contributed by atoms with Crippen LogP contribution in [-0.4, -0.2) is 116 Å². The maximum Gasteiger partial charge on any atom is 0.409 e. The van der Waals surface area contributed by atoms with E-state index < -0.39 is 71.9 Å². The Hall–Kier alpha value is -3.28. The van der Waals surface area contributed by atoms with Gasteiger partial charge < -0.3 is 43.6 Å². The Balaban J connectivity index is 1.77. The molecular formula is C34H49ClN4O11. The zero-order chi connectivity index (χ0) is 37.1. The van der Waals surface area contributed by atoms with Crippen LogP contribution < -0.4 is 20.9 Å². The normalized spacial score (nSPS) is 33.3. The van der Waals surface area contributed by atoms with Gasteiger partial charge in [-0.15, -0.1) is 0 Å². The molecule has 3 aliphatic heterocycles. The zero-order valence-electron chi connectivity index (χ0n) is 29.7. The second-order valence-electron chi connectivity index (χ2n) is 13.4. The molecule has 0 spiro atoms. The Bertz CT molecular complexity index is 1490. The number of fused-ring (bicyclic) bond motifs is 5. The molecule has 3 heterocycles. The molecule has 9 atom stereocenters. The van der Waals surface area contributed by atoms with Crippen LogP contribution in [0.15, 0.2) is 35.9 Å². The highest BCUT2D eigenvalue weighted by Crippen LogP contribution is 2.49. The number of nitrogens with zero attached hydrogens (tertiary/aromatic N) is 2. The van der Waals surface area contributed by atoms with Crippen molar-refractivity contribution in [2.24, 2.45) is 11.8 Å². The SMILES string of the molecule is COc1cc2cc(c1Cl)N(C)C(=O)CC(OC(=O)C(C)N(C)C(O)CON)C1(C)OC1C(C)C1CC(O)(NC(=O)O1)C(OC)/C=C/C=C(\C)C2. The number of allylic oxidation sites excluding steroid dienone is 3. The van der Waals surface area contributed by atoms with Crippen LogP contribution in [0, 0.1) is 5.92 Å². The topological polar surface area (TPSA) is 195 Å². The van der Waals surface area contributed by atoms with Crippen molar-refractivity contribution in [3.8, 4) is 5.75 Å². The lowest BCUT2D eigenvalue weighted by atomic mass is 9.83. The van der Waals surface area contributed by atoms with Gasteiger partial charge in [0.2, 0.25) is 5.91 Å². The van der Waals surface area contributed by atoms with E-state index in [1.54, 1.807) is 45.2 Å². The van der Waals surface area contributed by atoms with Crippen LogP contribution in [0.25, 0.3) is 0 Å². The molecule has 2 fully saturated rings. The van der Waals surface area contributed by atoms with E-state index in [-0.39, 0.29) is 24.5 Å². The fourth-order valence-corrected chi connectivity index (χ4v) is 6.79. The molecule has 0 aliphatic carbocycles. The smallest absolute Gasteiger partial charge is 0.409 e. The molecule has 4 rings (SSSR count). The number of amides is 2. The summed E-state index contributed by atoms with van der Waals surface area (Å²) in [7, 11) is 5.97. The molecule has 0 radical (unpaired) electrons. The first kappa shape index (κ1) is 39.5. The lowest BCUT2D eigenvalue weighted by molar-refractivity contribution is -0.164. The maximum atomic E-state index is 14.0. The van der Waals surface area contributed by atoms with E-state index >= 15 is 0 Å². The average Bonchev–Trinajstić information content (AvgIpc) is 3.76. The first-order valence-corrected chi connectivity index (χ1v) is 16.7. The third kappa shape index (κ3) is 8.43. The fraction of sp³-hybridized carbons (Fsp3) is 0.618. The number of aliphatic hydroxyl groups is 2. The number of alkyl carbamates (subject to hydrolysis) is 1. The highest BCUT2D eigenvalue weighted by Gasteiger charge is 2.64. The lowest BCUT2D eigenvalue weighted by Crippen LogP contribution is -2.63. The minimum atomic E-state index is -1.83. The van der Waals surface area contributed by atoms with Gasteiger partial charge in [-0.3, -0.25) is 19.8 Å². The number of epoxide rings is 1. The first-order valence-electron chi connectivity index (χ1n) is 16.3. The van der Waals surface area contributed by atoms with Crippen molar-refractivity contribution < 1.29 is 53.1 Å².